The van der Waals surface area contributed by atoms with Crippen LogP contribution in [0.15, 0.2) is 48.5 Å². The summed E-state index contributed by atoms with van der Waals surface area (Å²) < 4.78 is 45.0. The van der Waals surface area contributed by atoms with Crippen LogP contribution in [-0.2, 0) is 27.8 Å². The zero-order valence-corrected chi connectivity index (χ0v) is 22.0. The van der Waals surface area contributed by atoms with Crippen LogP contribution in [0, 0.1) is 0 Å². The van der Waals surface area contributed by atoms with Crippen molar-refractivity contribution in [3.05, 3.63) is 59.7 Å². The molecule has 8 nitrogen and oxygen atoms in total. The molecule has 0 N–H and O–H groups in total. The van der Waals surface area contributed by atoms with Gasteiger partial charge in [0.15, 0.2) is 0 Å². The molecule has 9 heteroatoms. The molecule has 1 saturated heterocycles. The fourth-order valence-electron chi connectivity index (χ4n) is 3.98. The Morgan fingerprint density at radius 1 is 0.886 bits per heavy atom. The molecule has 2 aromatic rings. The molecule has 0 radical (unpaired) electrons. The van der Waals surface area contributed by atoms with Gasteiger partial charge in [-0.3, -0.25) is 0 Å². The van der Waals surface area contributed by atoms with Crippen LogP contribution in [0.25, 0.3) is 0 Å². The third-order valence-electron chi connectivity index (χ3n) is 5.91. The summed E-state index contributed by atoms with van der Waals surface area (Å²) in [7, 11) is -0.451. The van der Waals surface area contributed by atoms with Gasteiger partial charge in [-0.05, 0) is 69.0 Å². The highest BCUT2D eigenvalue weighted by molar-refractivity contribution is 7.89. The monoisotopic (exact) mass is 504 g/mol. The molecule has 35 heavy (non-hydrogen) atoms. The Balaban J connectivity index is 1.77. The van der Waals surface area contributed by atoms with E-state index in [2.05, 4.69) is 0 Å². The molecule has 0 aromatic heterocycles. The molecule has 1 heterocycles. The van der Waals surface area contributed by atoms with Gasteiger partial charge in [-0.25, -0.2) is 13.2 Å². The smallest absolute Gasteiger partial charge is 0.410 e. The molecule has 0 atom stereocenters. The number of benzene rings is 2. The number of ether oxygens (including phenoxy) is 3. The minimum atomic E-state index is -3.64. The van der Waals surface area contributed by atoms with Gasteiger partial charge in [0.25, 0.3) is 0 Å². The zero-order valence-electron chi connectivity index (χ0n) is 21.2. The Labute approximate surface area is 208 Å². The summed E-state index contributed by atoms with van der Waals surface area (Å²) in [6.07, 6.45) is 0.328. The minimum Gasteiger partial charge on any atom is -0.497 e. The summed E-state index contributed by atoms with van der Waals surface area (Å²) in [4.78, 5) is 14.0. The SMILES string of the molecule is COc1ccc(CN(Cc2ccc(OC)cc2)S(=O)(=O)C2CCN(C(=O)OC(C)(C)C)CC2)cc1. The van der Waals surface area contributed by atoms with Gasteiger partial charge in [0, 0.05) is 26.2 Å². The predicted octanol–water partition coefficient (Wildman–Crippen LogP) is 4.44. The van der Waals surface area contributed by atoms with Crippen molar-refractivity contribution >= 4 is 16.1 Å². The van der Waals surface area contributed by atoms with E-state index in [-0.39, 0.29) is 13.1 Å². The second-order valence-corrected chi connectivity index (χ2v) is 11.9. The van der Waals surface area contributed by atoms with E-state index in [1.54, 1.807) is 19.1 Å². The number of likely N-dealkylation sites (tertiary alicyclic amines) is 1. The van der Waals surface area contributed by atoms with Crippen LogP contribution in [0.2, 0.25) is 0 Å². The first-order valence-corrected chi connectivity index (χ1v) is 13.2. The first-order valence-electron chi connectivity index (χ1n) is 11.7. The molecule has 3 rings (SSSR count). The number of hydrogen-bond acceptors (Lipinski definition) is 6. The molecule has 192 valence electrons. The second kappa shape index (κ2) is 11.3. The van der Waals surface area contributed by atoms with Crippen LogP contribution in [-0.4, -0.2) is 61.9 Å². The third kappa shape index (κ3) is 7.35. The van der Waals surface area contributed by atoms with Crippen molar-refractivity contribution < 1.29 is 27.4 Å². The largest absolute Gasteiger partial charge is 0.497 e. The molecule has 1 fully saturated rings. The lowest BCUT2D eigenvalue weighted by molar-refractivity contribution is 0.0216. The summed E-state index contributed by atoms with van der Waals surface area (Å²) in [5.41, 5.74) is 1.15. The highest BCUT2D eigenvalue weighted by Gasteiger charge is 2.37. The Bertz CT molecular complexity index is 1020. The fraction of sp³-hybridized carbons (Fsp3) is 0.500. The van der Waals surface area contributed by atoms with Crippen molar-refractivity contribution in [3.8, 4) is 11.5 Å². The van der Waals surface area contributed by atoms with Crippen LogP contribution in [0.5, 0.6) is 11.5 Å². The van der Waals surface area contributed by atoms with E-state index in [9.17, 15) is 13.2 Å². The van der Waals surface area contributed by atoms with Gasteiger partial charge in [0.2, 0.25) is 10.0 Å². The Morgan fingerprint density at radius 2 is 1.31 bits per heavy atom. The zero-order chi connectivity index (χ0) is 25.6. The van der Waals surface area contributed by atoms with Crippen molar-refractivity contribution in [2.75, 3.05) is 27.3 Å². The summed E-state index contributed by atoms with van der Waals surface area (Å²) in [6.45, 7) is 6.62. The van der Waals surface area contributed by atoms with E-state index in [0.29, 0.717) is 37.4 Å². The average molecular weight is 505 g/mol. The van der Waals surface area contributed by atoms with E-state index in [0.717, 1.165) is 11.1 Å². The van der Waals surface area contributed by atoms with Crippen molar-refractivity contribution in [2.24, 2.45) is 0 Å². The number of sulfonamides is 1. The number of hydrogen-bond donors (Lipinski definition) is 0. The number of rotatable bonds is 8. The van der Waals surface area contributed by atoms with E-state index >= 15 is 0 Å². The van der Waals surface area contributed by atoms with Gasteiger partial charge in [0.1, 0.15) is 17.1 Å². The van der Waals surface area contributed by atoms with Crippen LogP contribution < -0.4 is 9.47 Å². The van der Waals surface area contributed by atoms with Crippen LogP contribution in [0.4, 0.5) is 4.79 Å². The van der Waals surface area contributed by atoms with Crippen LogP contribution >= 0.6 is 0 Å². The minimum absolute atomic E-state index is 0.241. The topological polar surface area (TPSA) is 85.4 Å². The maximum Gasteiger partial charge on any atom is 0.410 e. The first-order chi connectivity index (χ1) is 16.5. The van der Waals surface area contributed by atoms with Crippen LogP contribution in [0.3, 0.4) is 0 Å². The standard InChI is InChI=1S/C26H36N2O6S/c1-26(2,3)34-25(29)27-16-14-24(15-17-27)35(30,31)28(18-20-6-10-22(32-4)11-7-20)19-21-8-12-23(33-5)13-9-21/h6-13,24H,14-19H2,1-5H3. The summed E-state index contributed by atoms with van der Waals surface area (Å²) in [5, 5.41) is -0.572. The normalized spacial score (nSPS) is 15.2. The lowest BCUT2D eigenvalue weighted by atomic mass is 10.1. The molecule has 2 aromatic carbocycles. The summed E-state index contributed by atoms with van der Waals surface area (Å²) in [5.74, 6) is 1.43. The summed E-state index contributed by atoms with van der Waals surface area (Å²) >= 11 is 0. The van der Waals surface area contributed by atoms with Gasteiger partial charge in [0.05, 0.1) is 19.5 Å². The maximum atomic E-state index is 13.8. The Kier molecular flexibility index (Phi) is 8.66. The molecule has 0 unspecified atom stereocenters. The first kappa shape index (κ1) is 26.8. The molecule has 0 aliphatic carbocycles. The Hall–Kier alpha value is -2.78. The van der Waals surface area contributed by atoms with Gasteiger partial charge in [-0.1, -0.05) is 24.3 Å². The van der Waals surface area contributed by atoms with E-state index < -0.39 is 27.0 Å². The molecular formula is C26H36N2O6S. The van der Waals surface area contributed by atoms with Crippen LogP contribution in [0.1, 0.15) is 44.7 Å². The quantitative estimate of drug-likeness (QED) is 0.529. The number of carbonyl (C=O) groups excluding carboxylic acids is 1. The number of carbonyl (C=O) groups is 1. The number of nitrogens with zero attached hydrogens (tertiary/aromatic N) is 2. The average Bonchev–Trinajstić information content (AvgIpc) is 2.83. The molecule has 1 aliphatic heterocycles. The molecule has 0 bridgehead atoms. The molecule has 1 amide bonds. The number of piperidine rings is 1. The summed E-state index contributed by atoms with van der Waals surface area (Å²) in [6, 6.07) is 14.8. The highest BCUT2D eigenvalue weighted by atomic mass is 32.2. The van der Waals surface area contributed by atoms with Crippen molar-refractivity contribution in [1.29, 1.82) is 0 Å². The van der Waals surface area contributed by atoms with Crippen molar-refractivity contribution in [3.63, 3.8) is 0 Å². The van der Waals surface area contributed by atoms with Crippen molar-refractivity contribution in [2.45, 2.75) is 57.6 Å². The predicted molar refractivity (Wildman–Crippen MR) is 135 cm³/mol. The van der Waals surface area contributed by atoms with E-state index in [4.69, 9.17) is 14.2 Å². The van der Waals surface area contributed by atoms with E-state index in [1.807, 2.05) is 69.3 Å². The Morgan fingerprint density at radius 3 is 1.69 bits per heavy atom. The van der Waals surface area contributed by atoms with Gasteiger partial charge in [-0.2, -0.15) is 4.31 Å². The highest BCUT2D eigenvalue weighted by Crippen LogP contribution is 2.26. The third-order valence-corrected chi connectivity index (χ3v) is 8.20. The van der Waals surface area contributed by atoms with Gasteiger partial charge < -0.3 is 19.1 Å². The molecule has 0 saturated carbocycles. The van der Waals surface area contributed by atoms with Gasteiger partial charge in [-0.15, -0.1) is 0 Å². The second-order valence-electron chi connectivity index (χ2n) is 9.68. The molecular weight excluding hydrogens is 468 g/mol. The van der Waals surface area contributed by atoms with Gasteiger partial charge >= 0.3 is 6.09 Å². The maximum absolute atomic E-state index is 13.8. The van der Waals surface area contributed by atoms with Crippen molar-refractivity contribution in [1.82, 2.24) is 9.21 Å². The number of amides is 1. The lowest BCUT2D eigenvalue weighted by Gasteiger charge is -2.35. The molecule has 0 spiro atoms. The molecule has 1 aliphatic rings. The van der Waals surface area contributed by atoms with E-state index in [1.165, 1.54) is 4.31 Å². The lowest BCUT2D eigenvalue weighted by Crippen LogP contribution is -2.47. The fourth-order valence-corrected chi connectivity index (χ4v) is 5.86. The number of methoxy groups -OCH3 is 2.